The van der Waals surface area contributed by atoms with Gasteiger partial charge in [-0.25, -0.2) is 4.79 Å². The molecule has 0 amide bonds. The fraction of sp³-hybridized carbons (Fsp3) is 0.933. The molecule has 134 valence electrons. The second-order valence-corrected chi connectivity index (χ2v) is 6.24. The van der Waals surface area contributed by atoms with E-state index in [0.717, 1.165) is 25.7 Å². The lowest BCUT2D eigenvalue weighted by Crippen LogP contribution is -2.42. The van der Waals surface area contributed by atoms with Gasteiger partial charge in [0.05, 0.1) is 6.10 Å². The van der Waals surface area contributed by atoms with E-state index in [9.17, 15) is 13.2 Å². The van der Waals surface area contributed by atoms with Crippen molar-refractivity contribution in [2.24, 2.45) is 5.92 Å². The van der Waals surface area contributed by atoms with Gasteiger partial charge in [0.15, 0.2) is 0 Å². The molecule has 0 spiro atoms. The average Bonchev–Trinajstić information content (AvgIpc) is 3.23. The molecule has 0 aromatic rings. The standard InChI is InChI=1S/C13H23NO2.C2HF3O2/c1-2-15-12-9-14(8-10-5-6-10)11-4-3-7-16-13(11)12;3-2(4,5)1(6)7/h10-13H,2-9H2,1H3;(H,6,7)/t11-,12+,13+;/m1./s1. The van der Waals surface area contributed by atoms with Crippen molar-refractivity contribution in [3.63, 3.8) is 0 Å². The second-order valence-electron chi connectivity index (χ2n) is 6.24. The first-order chi connectivity index (χ1) is 10.8. The van der Waals surface area contributed by atoms with E-state index >= 15 is 0 Å². The molecule has 8 heteroatoms. The number of hydrogen-bond acceptors (Lipinski definition) is 4. The smallest absolute Gasteiger partial charge is 0.475 e. The first-order valence-corrected chi connectivity index (χ1v) is 8.10. The van der Waals surface area contributed by atoms with Crippen LogP contribution in [0, 0.1) is 5.92 Å². The number of fused-ring (bicyclic) bond motifs is 1. The van der Waals surface area contributed by atoms with Gasteiger partial charge in [-0.15, -0.1) is 0 Å². The molecule has 0 aromatic heterocycles. The number of carboxylic acid groups (broad SMARTS) is 1. The number of alkyl halides is 3. The Bertz CT molecular complexity index is 401. The lowest BCUT2D eigenvalue weighted by atomic mass is 10.0. The van der Waals surface area contributed by atoms with E-state index < -0.39 is 12.1 Å². The largest absolute Gasteiger partial charge is 0.490 e. The molecule has 23 heavy (non-hydrogen) atoms. The van der Waals surface area contributed by atoms with Crippen molar-refractivity contribution >= 4 is 5.97 Å². The van der Waals surface area contributed by atoms with Gasteiger partial charge in [0.2, 0.25) is 0 Å². The van der Waals surface area contributed by atoms with Crippen LogP contribution < -0.4 is 0 Å². The quantitative estimate of drug-likeness (QED) is 0.852. The number of carboxylic acids is 1. The van der Waals surface area contributed by atoms with E-state index in [-0.39, 0.29) is 0 Å². The summed E-state index contributed by atoms with van der Waals surface area (Å²) in [6, 6.07) is 0.644. The van der Waals surface area contributed by atoms with E-state index in [2.05, 4.69) is 11.8 Å². The number of halogens is 3. The molecule has 0 bridgehead atoms. The molecule has 3 fully saturated rings. The van der Waals surface area contributed by atoms with E-state index in [1.165, 1.54) is 32.2 Å². The average molecular weight is 339 g/mol. The van der Waals surface area contributed by atoms with Crippen molar-refractivity contribution in [3.05, 3.63) is 0 Å². The van der Waals surface area contributed by atoms with Crippen LogP contribution in [-0.4, -0.2) is 66.7 Å². The summed E-state index contributed by atoms with van der Waals surface area (Å²) in [6.07, 6.45) is 1.01. The van der Waals surface area contributed by atoms with Crippen LogP contribution in [0.15, 0.2) is 0 Å². The summed E-state index contributed by atoms with van der Waals surface area (Å²) in [4.78, 5) is 11.5. The molecule has 0 unspecified atom stereocenters. The summed E-state index contributed by atoms with van der Waals surface area (Å²) in [5.41, 5.74) is 0. The summed E-state index contributed by atoms with van der Waals surface area (Å²) < 4.78 is 43.5. The Hall–Kier alpha value is -0.860. The molecule has 1 saturated carbocycles. The highest BCUT2D eigenvalue weighted by atomic mass is 19.4. The van der Waals surface area contributed by atoms with E-state index in [4.69, 9.17) is 19.4 Å². The van der Waals surface area contributed by atoms with Gasteiger partial charge < -0.3 is 14.6 Å². The van der Waals surface area contributed by atoms with E-state index in [0.29, 0.717) is 18.2 Å². The molecule has 0 radical (unpaired) electrons. The Morgan fingerprint density at radius 3 is 2.52 bits per heavy atom. The molecule has 1 aliphatic carbocycles. The fourth-order valence-electron chi connectivity index (χ4n) is 3.21. The second kappa shape index (κ2) is 7.81. The Labute approximate surface area is 133 Å². The summed E-state index contributed by atoms with van der Waals surface area (Å²) in [7, 11) is 0. The van der Waals surface area contributed by atoms with Crippen LogP contribution in [0.3, 0.4) is 0 Å². The molecule has 1 N–H and O–H groups in total. The molecule has 2 saturated heterocycles. The molecule has 5 nitrogen and oxygen atoms in total. The normalized spacial score (nSPS) is 31.2. The minimum absolute atomic E-state index is 0.328. The lowest BCUT2D eigenvalue weighted by molar-refractivity contribution is -0.192. The Kier molecular flexibility index (Phi) is 6.27. The fourth-order valence-corrected chi connectivity index (χ4v) is 3.21. The highest BCUT2D eigenvalue weighted by molar-refractivity contribution is 5.73. The van der Waals surface area contributed by atoms with Gasteiger partial charge in [0, 0.05) is 32.3 Å². The van der Waals surface area contributed by atoms with Gasteiger partial charge in [-0.3, -0.25) is 4.90 Å². The number of nitrogens with zero attached hydrogens (tertiary/aromatic N) is 1. The van der Waals surface area contributed by atoms with Crippen LogP contribution >= 0.6 is 0 Å². The molecule has 3 atom stereocenters. The summed E-state index contributed by atoms with van der Waals surface area (Å²) in [6.45, 7) is 6.21. The molecule has 2 heterocycles. The first kappa shape index (κ1) is 18.5. The minimum Gasteiger partial charge on any atom is -0.475 e. The molecule has 3 rings (SSSR count). The van der Waals surface area contributed by atoms with Gasteiger partial charge in [-0.2, -0.15) is 13.2 Å². The van der Waals surface area contributed by atoms with Crippen molar-refractivity contribution in [2.45, 2.75) is 57.0 Å². The predicted octanol–water partition coefficient (Wildman–Crippen LogP) is 2.30. The zero-order valence-electron chi connectivity index (χ0n) is 13.2. The number of hydrogen-bond donors (Lipinski definition) is 1. The third-order valence-electron chi connectivity index (χ3n) is 4.40. The van der Waals surface area contributed by atoms with Gasteiger partial charge in [-0.05, 0) is 38.5 Å². The predicted molar refractivity (Wildman–Crippen MR) is 76.2 cm³/mol. The number of aliphatic carboxylic acids is 1. The number of rotatable bonds is 4. The van der Waals surface area contributed by atoms with Crippen LogP contribution in [0.4, 0.5) is 13.2 Å². The number of ether oxygens (including phenoxy) is 2. The van der Waals surface area contributed by atoms with Crippen LogP contribution in [0.5, 0.6) is 0 Å². The molecular formula is C15H24F3NO4. The first-order valence-electron chi connectivity index (χ1n) is 8.10. The SMILES string of the molecule is CCO[C@H]1CN(CC2CC2)[C@@H]2CCCO[C@H]12.O=C(O)C(F)(F)F. The maximum atomic E-state index is 10.6. The zero-order chi connectivity index (χ0) is 17.0. The third kappa shape index (κ3) is 5.32. The van der Waals surface area contributed by atoms with Crippen LogP contribution in [0.25, 0.3) is 0 Å². The van der Waals surface area contributed by atoms with Crippen molar-refractivity contribution in [2.75, 3.05) is 26.3 Å². The molecule has 0 aromatic carbocycles. The highest BCUT2D eigenvalue weighted by Gasteiger charge is 2.45. The molecule has 2 aliphatic heterocycles. The van der Waals surface area contributed by atoms with Crippen LogP contribution in [0.2, 0.25) is 0 Å². The van der Waals surface area contributed by atoms with Crippen molar-refractivity contribution in [1.82, 2.24) is 4.90 Å². The molecular weight excluding hydrogens is 315 g/mol. The lowest BCUT2D eigenvalue weighted by Gasteiger charge is -2.32. The maximum Gasteiger partial charge on any atom is 0.490 e. The zero-order valence-corrected chi connectivity index (χ0v) is 13.2. The monoisotopic (exact) mass is 339 g/mol. The van der Waals surface area contributed by atoms with Crippen molar-refractivity contribution < 1.29 is 32.5 Å². The number of carbonyl (C=O) groups is 1. The van der Waals surface area contributed by atoms with Crippen LogP contribution in [-0.2, 0) is 14.3 Å². The third-order valence-corrected chi connectivity index (χ3v) is 4.40. The number of likely N-dealkylation sites (tertiary alicyclic amines) is 1. The Morgan fingerprint density at radius 1 is 1.35 bits per heavy atom. The van der Waals surface area contributed by atoms with E-state index in [1.807, 2.05) is 0 Å². The van der Waals surface area contributed by atoms with Crippen molar-refractivity contribution in [1.29, 1.82) is 0 Å². The summed E-state index contributed by atoms with van der Waals surface area (Å²) >= 11 is 0. The topological polar surface area (TPSA) is 59.0 Å². The Balaban J connectivity index is 0.000000236. The highest BCUT2D eigenvalue weighted by Crippen LogP contribution is 2.36. The van der Waals surface area contributed by atoms with Crippen LogP contribution in [0.1, 0.15) is 32.6 Å². The van der Waals surface area contributed by atoms with Crippen molar-refractivity contribution in [3.8, 4) is 0 Å². The van der Waals surface area contributed by atoms with Gasteiger partial charge >= 0.3 is 12.1 Å². The minimum atomic E-state index is -5.08. The maximum absolute atomic E-state index is 10.6. The van der Waals surface area contributed by atoms with Gasteiger partial charge in [-0.1, -0.05) is 0 Å². The van der Waals surface area contributed by atoms with Gasteiger partial charge in [0.1, 0.15) is 6.10 Å². The summed E-state index contributed by atoms with van der Waals surface area (Å²) in [5, 5.41) is 7.12. The summed E-state index contributed by atoms with van der Waals surface area (Å²) in [5.74, 6) is -1.78. The van der Waals surface area contributed by atoms with Gasteiger partial charge in [0.25, 0.3) is 0 Å². The Morgan fingerprint density at radius 2 is 2.00 bits per heavy atom. The van der Waals surface area contributed by atoms with E-state index in [1.54, 1.807) is 0 Å². The molecule has 3 aliphatic rings.